The van der Waals surface area contributed by atoms with E-state index in [0.717, 1.165) is 5.56 Å². The minimum atomic E-state index is -1.16. The summed E-state index contributed by atoms with van der Waals surface area (Å²) in [5.74, 6) is 0.0159. The number of carbonyl (C=O) groups is 1. The van der Waals surface area contributed by atoms with E-state index in [9.17, 15) is 9.90 Å². The maximum Gasteiger partial charge on any atom is 0.280 e. The summed E-state index contributed by atoms with van der Waals surface area (Å²) in [7, 11) is 1.58. The summed E-state index contributed by atoms with van der Waals surface area (Å²) in [6, 6.07) is 7.17. The molecule has 0 aliphatic heterocycles. The SMILES string of the molecule is [C-]#[N+]/C(=C\c1ccc(OC)cc1)C1([N+]#[C-])CC2(O)C=CC(=O)CC21. The Morgan fingerprint density at radius 2 is 2.08 bits per heavy atom. The van der Waals surface area contributed by atoms with Crippen molar-refractivity contribution in [3.63, 3.8) is 0 Å². The fraction of sp³-hybridized carbons (Fsp3) is 0.316. The second-order valence-corrected chi connectivity index (χ2v) is 6.17. The zero-order valence-corrected chi connectivity index (χ0v) is 13.2. The van der Waals surface area contributed by atoms with Gasteiger partial charge in [0.25, 0.3) is 5.54 Å². The van der Waals surface area contributed by atoms with Crippen molar-refractivity contribution in [2.75, 3.05) is 7.11 Å². The van der Waals surface area contributed by atoms with Crippen molar-refractivity contribution in [2.24, 2.45) is 5.92 Å². The van der Waals surface area contributed by atoms with Gasteiger partial charge in [0, 0.05) is 6.42 Å². The molecule has 24 heavy (non-hydrogen) atoms. The van der Waals surface area contributed by atoms with Crippen molar-refractivity contribution in [1.29, 1.82) is 0 Å². The highest BCUT2D eigenvalue weighted by atomic mass is 16.5. The minimum Gasteiger partial charge on any atom is -0.497 e. The van der Waals surface area contributed by atoms with Crippen molar-refractivity contribution in [3.05, 3.63) is 70.5 Å². The van der Waals surface area contributed by atoms with E-state index < -0.39 is 17.1 Å². The number of fused-ring (bicyclic) bond motifs is 1. The predicted molar refractivity (Wildman–Crippen MR) is 88.7 cm³/mol. The summed E-state index contributed by atoms with van der Waals surface area (Å²) in [6.07, 6.45) is 4.73. The molecule has 0 bridgehead atoms. The Morgan fingerprint density at radius 1 is 1.38 bits per heavy atom. The van der Waals surface area contributed by atoms with E-state index in [2.05, 4.69) is 9.69 Å². The van der Waals surface area contributed by atoms with Crippen molar-refractivity contribution in [1.82, 2.24) is 0 Å². The Hall–Kier alpha value is -2.89. The van der Waals surface area contributed by atoms with Crippen molar-refractivity contribution in [3.8, 4) is 5.75 Å². The lowest BCUT2D eigenvalue weighted by molar-refractivity contribution is -0.130. The zero-order valence-electron chi connectivity index (χ0n) is 13.2. The van der Waals surface area contributed by atoms with Crippen LogP contribution in [0.2, 0.25) is 0 Å². The molecule has 0 aromatic heterocycles. The molecule has 0 spiro atoms. The third-order valence-corrected chi connectivity index (χ3v) is 4.88. The molecule has 3 atom stereocenters. The first-order valence-electron chi connectivity index (χ1n) is 7.54. The summed E-state index contributed by atoms with van der Waals surface area (Å²) >= 11 is 0. The van der Waals surface area contributed by atoms with E-state index in [4.69, 9.17) is 17.9 Å². The van der Waals surface area contributed by atoms with Gasteiger partial charge in [-0.05, 0) is 35.9 Å². The average molecular weight is 320 g/mol. The monoisotopic (exact) mass is 320 g/mol. The van der Waals surface area contributed by atoms with Gasteiger partial charge in [0.05, 0.1) is 31.6 Å². The van der Waals surface area contributed by atoms with Gasteiger partial charge in [-0.3, -0.25) is 4.79 Å². The van der Waals surface area contributed by atoms with Gasteiger partial charge in [0.1, 0.15) is 5.75 Å². The van der Waals surface area contributed by atoms with Crippen LogP contribution in [0.4, 0.5) is 0 Å². The molecule has 120 valence electrons. The third kappa shape index (κ3) is 2.31. The molecule has 0 saturated heterocycles. The molecule has 0 heterocycles. The van der Waals surface area contributed by atoms with Crippen molar-refractivity contribution in [2.45, 2.75) is 24.0 Å². The average Bonchev–Trinajstić information content (AvgIpc) is 2.60. The number of rotatable bonds is 3. The van der Waals surface area contributed by atoms with Crippen LogP contribution in [0.15, 0.2) is 42.1 Å². The number of carbonyl (C=O) groups excluding carboxylic acids is 1. The number of nitrogens with zero attached hydrogens (tertiary/aromatic N) is 2. The van der Waals surface area contributed by atoms with Gasteiger partial charge in [-0.2, -0.15) is 0 Å². The van der Waals surface area contributed by atoms with E-state index in [-0.39, 0.29) is 24.3 Å². The molecule has 0 amide bonds. The summed E-state index contributed by atoms with van der Waals surface area (Å²) < 4.78 is 5.11. The van der Waals surface area contributed by atoms with E-state index in [1.165, 1.54) is 12.2 Å². The van der Waals surface area contributed by atoms with Gasteiger partial charge in [-0.1, -0.05) is 12.1 Å². The molecule has 3 rings (SSSR count). The van der Waals surface area contributed by atoms with E-state index >= 15 is 0 Å². The van der Waals surface area contributed by atoms with Crippen LogP contribution in [0.5, 0.6) is 5.75 Å². The van der Waals surface area contributed by atoms with Gasteiger partial charge in [0.15, 0.2) is 5.78 Å². The number of ketones is 1. The van der Waals surface area contributed by atoms with Crippen LogP contribution in [0.3, 0.4) is 0 Å². The third-order valence-electron chi connectivity index (χ3n) is 4.88. The van der Waals surface area contributed by atoms with Gasteiger partial charge >= 0.3 is 0 Å². The molecule has 1 aromatic carbocycles. The highest BCUT2D eigenvalue weighted by Crippen LogP contribution is 2.58. The molecule has 0 radical (unpaired) electrons. The van der Waals surface area contributed by atoms with Crippen LogP contribution in [-0.4, -0.2) is 29.1 Å². The van der Waals surface area contributed by atoms with Crippen LogP contribution in [0, 0.1) is 19.1 Å². The highest BCUT2D eigenvalue weighted by Gasteiger charge is 2.71. The number of hydrogen-bond donors (Lipinski definition) is 1. The maximum absolute atomic E-state index is 11.7. The first-order valence-corrected chi connectivity index (χ1v) is 7.54. The fourth-order valence-corrected chi connectivity index (χ4v) is 3.54. The Balaban J connectivity index is 1.99. The first kappa shape index (κ1) is 16.0. The topological polar surface area (TPSA) is 55.2 Å². The van der Waals surface area contributed by atoms with Gasteiger partial charge in [-0.15, -0.1) is 0 Å². The Morgan fingerprint density at radius 3 is 2.67 bits per heavy atom. The van der Waals surface area contributed by atoms with E-state index in [0.29, 0.717) is 5.75 Å². The largest absolute Gasteiger partial charge is 0.497 e. The molecule has 1 saturated carbocycles. The number of methoxy groups -OCH3 is 1. The second-order valence-electron chi connectivity index (χ2n) is 6.17. The van der Waals surface area contributed by atoms with Crippen molar-refractivity contribution < 1.29 is 14.6 Å². The summed E-state index contributed by atoms with van der Waals surface area (Å²) in [6.45, 7) is 15.1. The number of allylic oxidation sites excluding steroid dienone is 1. The van der Waals surface area contributed by atoms with Crippen molar-refractivity contribution >= 4 is 11.9 Å². The van der Waals surface area contributed by atoms with Crippen LogP contribution in [-0.2, 0) is 4.79 Å². The number of benzene rings is 1. The van der Waals surface area contributed by atoms with Gasteiger partial charge in [0.2, 0.25) is 5.70 Å². The molecule has 1 fully saturated rings. The first-order chi connectivity index (χ1) is 11.5. The van der Waals surface area contributed by atoms with Crippen LogP contribution < -0.4 is 4.74 Å². The molecular weight excluding hydrogens is 304 g/mol. The summed E-state index contributed by atoms with van der Waals surface area (Å²) in [4.78, 5) is 19.0. The lowest BCUT2D eigenvalue weighted by Crippen LogP contribution is -2.65. The van der Waals surface area contributed by atoms with Gasteiger partial charge < -0.3 is 14.7 Å². The maximum atomic E-state index is 11.7. The standard InChI is InChI=1S/C19H16N2O3/c1-20-17(10-13-4-6-15(24-3)7-5-13)19(21-2)12-18(23)9-8-14(22)11-16(18)19/h4-10,16,23H,11-12H2,3H3/b17-10-. The second kappa shape index (κ2) is 5.63. The van der Waals surface area contributed by atoms with Crippen LogP contribution in [0.1, 0.15) is 18.4 Å². The lowest BCUT2D eigenvalue weighted by Gasteiger charge is -2.52. The Kier molecular flexibility index (Phi) is 3.75. The molecule has 5 heteroatoms. The lowest BCUT2D eigenvalue weighted by atomic mass is 9.51. The fourth-order valence-electron chi connectivity index (χ4n) is 3.54. The molecule has 2 aliphatic rings. The molecule has 1 aromatic rings. The molecule has 5 nitrogen and oxygen atoms in total. The summed E-state index contributed by atoms with van der Waals surface area (Å²) in [5, 5.41) is 10.6. The number of ether oxygens (including phenoxy) is 1. The predicted octanol–water partition coefficient (Wildman–Crippen LogP) is 2.89. The Labute approximate surface area is 140 Å². The van der Waals surface area contributed by atoms with Gasteiger partial charge in [-0.25, -0.2) is 11.4 Å². The van der Waals surface area contributed by atoms with E-state index in [1.807, 2.05) is 0 Å². The van der Waals surface area contributed by atoms with Crippen LogP contribution >= 0.6 is 0 Å². The Bertz CT molecular complexity index is 826. The highest BCUT2D eigenvalue weighted by molar-refractivity contribution is 5.92. The molecular formula is C19H16N2O3. The smallest absolute Gasteiger partial charge is 0.280 e. The summed E-state index contributed by atoms with van der Waals surface area (Å²) in [5.41, 5.74) is -1.27. The number of aliphatic hydroxyl groups is 1. The van der Waals surface area contributed by atoms with Crippen LogP contribution in [0.25, 0.3) is 15.8 Å². The van der Waals surface area contributed by atoms with E-state index in [1.54, 1.807) is 37.5 Å². The normalized spacial score (nSPS) is 31.4. The number of hydrogen-bond acceptors (Lipinski definition) is 3. The quantitative estimate of drug-likeness (QED) is 0.871. The minimum absolute atomic E-state index is 0.0881. The molecule has 3 unspecified atom stereocenters. The molecule has 1 N–H and O–H groups in total. The zero-order chi connectivity index (χ0) is 17.4. The molecule has 2 aliphatic carbocycles.